The Bertz CT molecular complexity index is 208. The predicted octanol–water partition coefficient (Wildman–Crippen LogP) is 0.317. The van der Waals surface area contributed by atoms with Crippen molar-refractivity contribution >= 4 is 5.91 Å². The van der Waals surface area contributed by atoms with E-state index in [1.807, 2.05) is 14.1 Å². The van der Waals surface area contributed by atoms with E-state index in [0.29, 0.717) is 25.6 Å². The number of carbonyl (C=O) groups is 1. The molecule has 18 heavy (non-hydrogen) atoms. The van der Waals surface area contributed by atoms with Crippen LogP contribution in [0.5, 0.6) is 0 Å². The monoisotopic (exact) mass is 259 g/mol. The average Bonchev–Trinajstić information content (AvgIpc) is 2.26. The molecule has 0 atom stereocenters. The fourth-order valence-corrected chi connectivity index (χ4v) is 1.26. The van der Waals surface area contributed by atoms with Gasteiger partial charge in [-0.15, -0.1) is 0 Å². The van der Waals surface area contributed by atoms with E-state index in [2.05, 4.69) is 29.4 Å². The molecule has 5 nitrogen and oxygen atoms in total. The lowest BCUT2D eigenvalue weighted by atomic mass is 10.1. The lowest BCUT2D eigenvalue weighted by Crippen LogP contribution is -2.36. The largest absolute Gasteiger partial charge is 0.379 e. The smallest absolute Gasteiger partial charge is 0.233 e. The van der Waals surface area contributed by atoms with E-state index >= 15 is 0 Å². The van der Waals surface area contributed by atoms with Gasteiger partial charge in [0.1, 0.15) is 0 Å². The maximum atomic E-state index is 11.4. The van der Waals surface area contributed by atoms with Crippen molar-refractivity contribution in [1.82, 2.24) is 15.5 Å². The molecule has 0 aromatic heterocycles. The van der Waals surface area contributed by atoms with Crippen molar-refractivity contribution in [3.8, 4) is 0 Å². The zero-order valence-corrected chi connectivity index (χ0v) is 12.3. The van der Waals surface area contributed by atoms with Crippen LogP contribution in [-0.4, -0.2) is 64.3 Å². The van der Waals surface area contributed by atoms with Crippen molar-refractivity contribution in [2.75, 3.05) is 53.5 Å². The number of hydrogen-bond acceptors (Lipinski definition) is 4. The Kier molecular flexibility index (Phi) is 11.0. The lowest BCUT2D eigenvalue weighted by Gasteiger charge is -2.10. The van der Waals surface area contributed by atoms with Gasteiger partial charge in [0.15, 0.2) is 0 Å². The highest BCUT2D eigenvalue weighted by Crippen LogP contribution is 1.95. The number of rotatable bonds is 11. The van der Waals surface area contributed by atoms with Gasteiger partial charge in [-0.05, 0) is 26.4 Å². The van der Waals surface area contributed by atoms with E-state index in [4.69, 9.17) is 4.74 Å². The van der Waals surface area contributed by atoms with Gasteiger partial charge in [0.2, 0.25) is 5.91 Å². The highest BCUT2D eigenvalue weighted by molar-refractivity contribution is 5.77. The van der Waals surface area contributed by atoms with E-state index in [1.165, 1.54) is 0 Å². The molecule has 0 radical (unpaired) electrons. The summed E-state index contributed by atoms with van der Waals surface area (Å²) in [5.74, 6) is 0.687. The van der Waals surface area contributed by atoms with Crippen LogP contribution in [0.15, 0.2) is 0 Å². The van der Waals surface area contributed by atoms with Gasteiger partial charge in [-0.3, -0.25) is 4.79 Å². The summed E-state index contributed by atoms with van der Waals surface area (Å²) < 4.78 is 5.40. The third-order valence-corrected chi connectivity index (χ3v) is 2.44. The number of ether oxygens (including phenoxy) is 1. The van der Waals surface area contributed by atoms with Gasteiger partial charge in [-0.25, -0.2) is 0 Å². The molecule has 0 heterocycles. The summed E-state index contributed by atoms with van der Waals surface area (Å²) in [5, 5.41) is 5.94. The van der Waals surface area contributed by atoms with Gasteiger partial charge >= 0.3 is 0 Å². The van der Waals surface area contributed by atoms with Crippen LogP contribution in [-0.2, 0) is 9.53 Å². The van der Waals surface area contributed by atoms with E-state index in [-0.39, 0.29) is 5.91 Å². The average molecular weight is 259 g/mol. The molecule has 0 unspecified atom stereocenters. The van der Waals surface area contributed by atoms with E-state index in [1.54, 1.807) is 0 Å². The Morgan fingerprint density at radius 2 is 1.94 bits per heavy atom. The molecule has 0 rings (SSSR count). The summed E-state index contributed by atoms with van der Waals surface area (Å²) in [4.78, 5) is 13.5. The molecule has 0 aliphatic rings. The quantitative estimate of drug-likeness (QED) is 0.525. The molecule has 108 valence electrons. The number of amides is 1. The third kappa shape index (κ3) is 13.4. The van der Waals surface area contributed by atoms with E-state index in [0.717, 1.165) is 26.1 Å². The number of carbonyl (C=O) groups excluding carboxylic acids is 1. The molecule has 0 saturated carbocycles. The van der Waals surface area contributed by atoms with Gasteiger partial charge in [-0.2, -0.15) is 0 Å². The SMILES string of the molecule is CC(C)CCNC(=O)CNCCOCCN(C)C. The molecule has 0 bridgehead atoms. The Balaban J connectivity index is 3.20. The van der Waals surface area contributed by atoms with Crippen LogP contribution in [0, 0.1) is 5.92 Å². The molecule has 1 amide bonds. The fourth-order valence-electron chi connectivity index (χ4n) is 1.26. The molecule has 5 heteroatoms. The molecule has 0 aromatic rings. The van der Waals surface area contributed by atoms with Crippen LogP contribution in [0.4, 0.5) is 0 Å². The summed E-state index contributed by atoms with van der Waals surface area (Å²) in [6, 6.07) is 0. The minimum Gasteiger partial charge on any atom is -0.379 e. The van der Waals surface area contributed by atoms with Gasteiger partial charge < -0.3 is 20.3 Å². The van der Waals surface area contributed by atoms with Crippen molar-refractivity contribution < 1.29 is 9.53 Å². The summed E-state index contributed by atoms with van der Waals surface area (Å²) >= 11 is 0. The number of nitrogens with one attached hydrogen (secondary N) is 2. The third-order valence-electron chi connectivity index (χ3n) is 2.44. The second-order valence-corrected chi connectivity index (χ2v) is 5.12. The number of likely N-dealkylation sites (N-methyl/N-ethyl adjacent to an activating group) is 1. The lowest BCUT2D eigenvalue weighted by molar-refractivity contribution is -0.120. The highest BCUT2D eigenvalue weighted by Gasteiger charge is 2.00. The first-order valence-electron chi connectivity index (χ1n) is 6.72. The zero-order valence-electron chi connectivity index (χ0n) is 12.3. The molecule has 0 aliphatic carbocycles. The summed E-state index contributed by atoms with van der Waals surface area (Å²) in [6.07, 6.45) is 1.03. The van der Waals surface area contributed by atoms with Crippen molar-refractivity contribution in [3.05, 3.63) is 0 Å². The van der Waals surface area contributed by atoms with Crippen LogP contribution >= 0.6 is 0 Å². The maximum Gasteiger partial charge on any atom is 0.233 e. The first-order chi connectivity index (χ1) is 8.52. The van der Waals surface area contributed by atoms with Crippen LogP contribution in [0.3, 0.4) is 0 Å². The molecule has 0 aromatic carbocycles. The second kappa shape index (κ2) is 11.4. The molecular weight excluding hydrogens is 230 g/mol. The van der Waals surface area contributed by atoms with Crippen LogP contribution in [0.1, 0.15) is 20.3 Å². The van der Waals surface area contributed by atoms with E-state index < -0.39 is 0 Å². The molecule has 0 aliphatic heterocycles. The molecule has 0 saturated heterocycles. The Morgan fingerprint density at radius 3 is 2.56 bits per heavy atom. The molecular formula is C13H29N3O2. The Labute approximate surface area is 111 Å². The zero-order chi connectivity index (χ0) is 13.8. The second-order valence-electron chi connectivity index (χ2n) is 5.12. The van der Waals surface area contributed by atoms with Crippen LogP contribution < -0.4 is 10.6 Å². The standard InChI is InChI=1S/C13H29N3O2/c1-12(2)5-6-15-13(17)11-14-7-9-18-10-8-16(3)4/h12,14H,5-11H2,1-4H3,(H,15,17). The molecule has 0 spiro atoms. The first-order valence-corrected chi connectivity index (χ1v) is 6.72. The fraction of sp³-hybridized carbons (Fsp3) is 0.923. The topological polar surface area (TPSA) is 53.6 Å². The summed E-state index contributed by atoms with van der Waals surface area (Å²) in [6.45, 7) is 8.45. The van der Waals surface area contributed by atoms with Gasteiger partial charge in [0.05, 0.1) is 19.8 Å². The Morgan fingerprint density at radius 1 is 1.22 bits per heavy atom. The number of nitrogens with zero attached hydrogens (tertiary/aromatic N) is 1. The van der Waals surface area contributed by atoms with Gasteiger partial charge in [-0.1, -0.05) is 13.8 Å². The van der Waals surface area contributed by atoms with Gasteiger partial charge in [0, 0.05) is 19.6 Å². The minimum absolute atomic E-state index is 0.0592. The normalized spacial score (nSPS) is 11.2. The van der Waals surface area contributed by atoms with Crippen molar-refractivity contribution in [1.29, 1.82) is 0 Å². The van der Waals surface area contributed by atoms with Crippen molar-refractivity contribution in [2.45, 2.75) is 20.3 Å². The van der Waals surface area contributed by atoms with Crippen molar-refractivity contribution in [3.63, 3.8) is 0 Å². The molecule has 2 N–H and O–H groups in total. The first kappa shape index (κ1) is 17.4. The van der Waals surface area contributed by atoms with E-state index in [9.17, 15) is 4.79 Å². The highest BCUT2D eigenvalue weighted by atomic mass is 16.5. The maximum absolute atomic E-state index is 11.4. The van der Waals surface area contributed by atoms with Crippen LogP contribution in [0.25, 0.3) is 0 Å². The summed E-state index contributed by atoms with van der Waals surface area (Å²) in [7, 11) is 4.03. The summed E-state index contributed by atoms with van der Waals surface area (Å²) in [5.41, 5.74) is 0. The van der Waals surface area contributed by atoms with Crippen LogP contribution in [0.2, 0.25) is 0 Å². The number of hydrogen-bond donors (Lipinski definition) is 2. The predicted molar refractivity (Wildman–Crippen MR) is 74.7 cm³/mol. The molecule has 0 fully saturated rings. The minimum atomic E-state index is 0.0592. The van der Waals surface area contributed by atoms with Crippen molar-refractivity contribution in [2.24, 2.45) is 5.92 Å². The van der Waals surface area contributed by atoms with Gasteiger partial charge in [0.25, 0.3) is 0 Å². The Hall–Kier alpha value is -0.650.